The molecule has 0 aliphatic rings. The first-order valence-corrected chi connectivity index (χ1v) is 5.55. The zero-order valence-electron chi connectivity index (χ0n) is 8.78. The van der Waals surface area contributed by atoms with Gasteiger partial charge in [-0.2, -0.15) is 0 Å². The minimum Gasteiger partial charge on any atom is -0.481 e. The molecule has 0 bridgehead atoms. The number of carbonyl (C=O) groups excluding carboxylic acids is 2. The summed E-state index contributed by atoms with van der Waals surface area (Å²) in [6, 6.07) is 0. The molecule has 0 aromatic carbocycles. The van der Waals surface area contributed by atoms with E-state index in [-0.39, 0.29) is 17.4 Å². The van der Waals surface area contributed by atoms with Crippen LogP contribution in [0, 0.1) is 5.92 Å². The fourth-order valence-electron chi connectivity index (χ4n) is 0.823. The summed E-state index contributed by atoms with van der Waals surface area (Å²) >= 11 is 1.13. The average Bonchev–Trinajstić information content (AvgIpc) is 2.12. The highest BCUT2D eigenvalue weighted by molar-refractivity contribution is 8.13. The van der Waals surface area contributed by atoms with Gasteiger partial charge in [0, 0.05) is 25.6 Å². The molecule has 0 radical (unpaired) electrons. The second-order valence-corrected chi connectivity index (χ2v) is 4.41. The molecule has 5 nitrogen and oxygen atoms in total. The molecule has 0 saturated carbocycles. The third-order valence-electron chi connectivity index (χ3n) is 1.64. The molecule has 0 aliphatic heterocycles. The first-order valence-electron chi connectivity index (χ1n) is 4.56. The second-order valence-electron chi connectivity index (χ2n) is 3.13. The highest BCUT2D eigenvalue weighted by Crippen LogP contribution is 2.02. The molecule has 6 heteroatoms. The van der Waals surface area contributed by atoms with Gasteiger partial charge in [0.25, 0.3) is 0 Å². The van der Waals surface area contributed by atoms with E-state index in [1.54, 1.807) is 0 Å². The lowest BCUT2D eigenvalue weighted by molar-refractivity contribution is -0.143. The van der Waals surface area contributed by atoms with Gasteiger partial charge in [0.2, 0.25) is 5.91 Å². The SMILES string of the molecule is CC(=O)SCCNC(=O)CC(C)C(=O)O. The number of carboxylic acid groups (broad SMARTS) is 1. The zero-order chi connectivity index (χ0) is 11.8. The summed E-state index contributed by atoms with van der Waals surface area (Å²) in [7, 11) is 0. The minimum atomic E-state index is -0.983. The number of carboxylic acids is 1. The monoisotopic (exact) mass is 233 g/mol. The van der Waals surface area contributed by atoms with Gasteiger partial charge in [0.05, 0.1) is 5.92 Å². The summed E-state index contributed by atoms with van der Waals surface area (Å²) < 4.78 is 0. The van der Waals surface area contributed by atoms with Crippen LogP contribution in [0.1, 0.15) is 20.3 Å². The topological polar surface area (TPSA) is 83.5 Å². The Morgan fingerprint density at radius 3 is 2.47 bits per heavy atom. The second kappa shape index (κ2) is 7.28. The van der Waals surface area contributed by atoms with Crippen molar-refractivity contribution < 1.29 is 19.5 Å². The normalized spacial score (nSPS) is 11.9. The van der Waals surface area contributed by atoms with Crippen molar-refractivity contribution in [3.63, 3.8) is 0 Å². The van der Waals surface area contributed by atoms with Crippen LogP contribution in [-0.2, 0) is 14.4 Å². The van der Waals surface area contributed by atoms with Crippen molar-refractivity contribution in [2.24, 2.45) is 5.92 Å². The molecule has 1 amide bonds. The van der Waals surface area contributed by atoms with Crippen molar-refractivity contribution in [3.05, 3.63) is 0 Å². The molecule has 0 spiro atoms. The fraction of sp³-hybridized carbons (Fsp3) is 0.667. The van der Waals surface area contributed by atoms with Crippen LogP contribution in [-0.4, -0.2) is 34.4 Å². The van der Waals surface area contributed by atoms with Crippen LogP contribution in [0.5, 0.6) is 0 Å². The molecular formula is C9H15NO4S. The van der Waals surface area contributed by atoms with Gasteiger partial charge < -0.3 is 10.4 Å². The minimum absolute atomic E-state index is 0.00292. The summed E-state index contributed by atoms with van der Waals surface area (Å²) in [6.07, 6.45) is -0.0277. The van der Waals surface area contributed by atoms with E-state index in [0.717, 1.165) is 11.8 Å². The van der Waals surface area contributed by atoms with E-state index >= 15 is 0 Å². The summed E-state index contributed by atoms with van der Waals surface area (Å²) in [5, 5.41) is 11.1. The number of carbonyl (C=O) groups is 3. The molecule has 2 N–H and O–H groups in total. The zero-order valence-corrected chi connectivity index (χ0v) is 9.60. The summed E-state index contributed by atoms with van der Waals surface area (Å²) in [4.78, 5) is 32.1. The maximum atomic E-state index is 11.1. The van der Waals surface area contributed by atoms with E-state index in [2.05, 4.69) is 5.32 Å². The highest BCUT2D eigenvalue weighted by atomic mass is 32.2. The number of hydrogen-bond donors (Lipinski definition) is 2. The smallest absolute Gasteiger partial charge is 0.306 e. The summed E-state index contributed by atoms with van der Waals surface area (Å²) in [6.45, 7) is 3.32. The van der Waals surface area contributed by atoms with Crippen LogP contribution >= 0.6 is 11.8 Å². The number of aliphatic carboxylic acids is 1. The Bertz CT molecular complexity index is 254. The number of nitrogens with one attached hydrogen (secondary N) is 1. The molecule has 0 aromatic rings. The van der Waals surface area contributed by atoms with Crippen LogP contribution in [0.3, 0.4) is 0 Å². The van der Waals surface area contributed by atoms with E-state index in [9.17, 15) is 14.4 Å². The Morgan fingerprint density at radius 1 is 1.40 bits per heavy atom. The molecule has 0 fully saturated rings. The summed E-state index contributed by atoms with van der Waals surface area (Å²) in [5.41, 5.74) is 0. The maximum Gasteiger partial charge on any atom is 0.306 e. The van der Waals surface area contributed by atoms with Gasteiger partial charge in [-0.25, -0.2) is 0 Å². The molecule has 15 heavy (non-hydrogen) atoms. The average molecular weight is 233 g/mol. The lowest BCUT2D eigenvalue weighted by atomic mass is 10.1. The van der Waals surface area contributed by atoms with E-state index < -0.39 is 11.9 Å². The molecule has 0 saturated heterocycles. The molecule has 1 atom stereocenters. The van der Waals surface area contributed by atoms with E-state index in [0.29, 0.717) is 12.3 Å². The van der Waals surface area contributed by atoms with Crippen molar-refractivity contribution in [2.45, 2.75) is 20.3 Å². The molecule has 0 heterocycles. The van der Waals surface area contributed by atoms with Gasteiger partial charge in [-0.3, -0.25) is 14.4 Å². The van der Waals surface area contributed by atoms with Crippen molar-refractivity contribution in [3.8, 4) is 0 Å². The Kier molecular flexibility index (Phi) is 6.77. The molecule has 0 aliphatic carbocycles. The van der Waals surface area contributed by atoms with E-state index in [1.807, 2.05) is 0 Å². The lowest BCUT2D eigenvalue weighted by Crippen LogP contribution is -2.29. The Morgan fingerprint density at radius 2 is 2.00 bits per heavy atom. The number of amides is 1. The Labute approximate surface area is 92.6 Å². The predicted molar refractivity (Wildman–Crippen MR) is 57.6 cm³/mol. The maximum absolute atomic E-state index is 11.1. The van der Waals surface area contributed by atoms with Crippen molar-refractivity contribution in [1.29, 1.82) is 0 Å². The Balaban J connectivity index is 3.58. The summed E-state index contributed by atoms with van der Waals surface area (Å²) in [5.74, 6) is -1.44. The highest BCUT2D eigenvalue weighted by Gasteiger charge is 2.14. The van der Waals surface area contributed by atoms with Crippen LogP contribution in [0.4, 0.5) is 0 Å². The van der Waals surface area contributed by atoms with Gasteiger partial charge in [0.1, 0.15) is 0 Å². The Hall–Kier alpha value is -1.04. The molecule has 0 rings (SSSR count). The van der Waals surface area contributed by atoms with Gasteiger partial charge in [0.15, 0.2) is 5.12 Å². The number of hydrogen-bond acceptors (Lipinski definition) is 4. The van der Waals surface area contributed by atoms with Crippen LogP contribution < -0.4 is 5.32 Å². The van der Waals surface area contributed by atoms with Crippen molar-refractivity contribution >= 4 is 28.8 Å². The van der Waals surface area contributed by atoms with Crippen molar-refractivity contribution in [2.75, 3.05) is 12.3 Å². The molecule has 1 unspecified atom stereocenters. The first kappa shape index (κ1) is 14.0. The van der Waals surface area contributed by atoms with Crippen LogP contribution in [0.15, 0.2) is 0 Å². The largest absolute Gasteiger partial charge is 0.481 e. The number of thioether (sulfide) groups is 1. The third-order valence-corrected chi connectivity index (χ3v) is 2.46. The first-order chi connectivity index (χ1) is 6.93. The van der Waals surface area contributed by atoms with Gasteiger partial charge in [-0.1, -0.05) is 18.7 Å². The van der Waals surface area contributed by atoms with Crippen LogP contribution in [0.25, 0.3) is 0 Å². The fourth-order valence-corrected chi connectivity index (χ4v) is 1.31. The third kappa shape index (κ3) is 7.99. The van der Waals surface area contributed by atoms with Gasteiger partial charge in [-0.05, 0) is 0 Å². The van der Waals surface area contributed by atoms with E-state index in [1.165, 1.54) is 13.8 Å². The molecular weight excluding hydrogens is 218 g/mol. The van der Waals surface area contributed by atoms with Gasteiger partial charge >= 0.3 is 5.97 Å². The quantitative estimate of drug-likeness (QED) is 0.652. The van der Waals surface area contributed by atoms with Crippen LogP contribution in [0.2, 0.25) is 0 Å². The predicted octanol–water partition coefficient (Wildman–Crippen LogP) is 0.493. The van der Waals surface area contributed by atoms with Gasteiger partial charge in [-0.15, -0.1) is 0 Å². The number of rotatable bonds is 6. The standard InChI is InChI=1S/C9H15NO4S/c1-6(9(13)14)5-8(12)10-3-4-15-7(2)11/h6H,3-5H2,1-2H3,(H,10,12)(H,13,14). The molecule has 86 valence electrons. The van der Waals surface area contributed by atoms with E-state index in [4.69, 9.17) is 5.11 Å². The lowest BCUT2D eigenvalue weighted by Gasteiger charge is -2.06. The molecule has 0 aromatic heterocycles. The van der Waals surface area contributed by atoms with Crippen molar-refractivity contribution in [1.82, 2.24) is 5.32 Å².